The molecule has 0 aliphatic carbocycles. The highest BCUT2D eigenvalue weighted by Gasteiger charge is 2.26. The first kappa shape index (κ1) is 12.1. The summed E-state index contributed by atoms with van der Waals surface area (Å²) in [6, 6.07) is 7.22. The van der Waals surface area contributed by atoms with Crippen molar-refractivity contribution in [3.63, 3.8) is 0 Å². The topological polar surface area (TPSA) is 40.5 Å². The van der Waals surface area contributed by atoms with E-state index in [1.54, 1.807) is 12.1 Å². The average Bonchev–Trinajstić information content (AvgIpc) is 2.15. The number of rotatable bonds is 4. The minimum atomic E-state index is -0.306. The summed E-state index contributed by atoms with van der Waals surface area (Å²) >= 11 is 0. The van der Waals surface area contributed by atoms with Crippen LogP contribution in [0.4, 0.5) is 0 Å². The van der Waals surface area contributed by atoms with Crippen LogP contribution in [0.1, 0.15) is 32.8 Å². The van der Waals surface area contributed by atoms with Gasteiger partial charge in [0, 0.05) is 0 Å². The largest absolute Gasteiger partial charge is 0.508 e. The van der Waals surface area contributed by atoms with Gasteiger partial charge in [-0.05, 0) is 36.0 Å². The number of phenolic OH excluding ortho intramolecular Hbond substituents is 1. The fourth-order valence-electron chi connectivity index (χ4n) is 1.86. The molecule has 84 valence electrons. The van der Waals surface area contributed by atoms with E-state index in [2.05, 4.69) is 0 Å². The summed E-state index contributed by atoms with van der Waals surface area (Å²) < 4.78 is 0. The smallest absolute Gasteiger partial charge is 0.115 e. The third-order valence-electron chi connectivity index (χ3n) is 2.86. The summed E-state index contributed by atoms with van der Waals surface area (Å²) in [6.07, 6.45) is 1.22. The van der Waals surface area contributed by atoms with Gasteiger partial charge >= 0.3 is 0 Å². The van der Waals surface area contributed by atoms with Crippen LogP contribution < -0.4 is 0 Å². The van der Waals surface area contributed by atoms with Gasteiger partial charge in [0.15, 0.2) is 0 Å². The van der Waals surface area contributed by atoms with Gasteiger partial charge in [0.05, 0.1) is 6.10 Å². The molecular formula is C13H20O2. The molecule has 1 unspecified atom stereocenters. The molecule has 0 aromatic heterocycles. The van der Waals surface area contributed by atoms with Gasteiger partial charge in [-0.3, -0.25) is 0 Å². The predicted octanol–water partition coefficient (Wildman–Crippen LogP) is 2.73. The highest BCUT2D eigenvalue weighted by Crippen LogP contribution is 2.28. The molecule has 0 aliphatic rings. The van der Waals surface area contributed by atoms with Crippen molar-refractivity contribution in [2.45, 2.75) is 39.7 Å². The lowest BCUT2D eigenvalue weighted by Gasteiger charge is -2.30. The van der Waals surface area contributed by atoms with Gasteiger partial charge in [0.2, 0.25) is 0 Å². The maximum Gasteiger partial charge on any atom is 0.115 e. The minimum absolute atomic E-state index is 0.150. The fraction of sp³-hybridized carbons (Fsp3) is 0.538. The van der Waals surface area contributed by atoms with Gasteiger partial charge in [-0.15, -0.1) is 0 Å². The summed E-state index contributed by atoms with van der Waals surface area (Å²) in [5, 5.41) is 19.2. The molecule has 0 fully saturated rings. The van der Waals surface area contributed by atoms with Crippen LogP contribution in [-0.4, -0.2) is 16.3 Å². The van der Waals surface area contributed by atoms with Gasteiger partial charge in [-0.25, -0.2) is 0 Å². The zero-order valence-electron chi connectivity index (χ0n) is 9.70. The Kier molecular flexibility index (Phi) is 3.75. The van der Waals surface area contributed by atoms with E-state index in [1.807, 2.05) is 32.9 Å². The third kappa shape index (κ3) is 3.24. The van der Waals surface area contributed by atoms with Crippen molar-refractivity contribution in [2.75, 3.05) is 0 Å². The van der Waals surface area contributed by atoms with Crippen molar-refractivity contribution in [1.82, 2.24) is 0 Å². The molecule has 2 heteroatoms. The molecule has 15 heavy (non-hydrogen) atoms. The van der Waals surface area contributed by atoms with E-state index in [0.717, 1.165) is 18.4 Å². The Morgan fingerprint density at radius 1 is 1.33 bits per heavy atom. The number of benzene rings is 1. The summed E-state index contributed by atoms with van der Waals surface area (Å²) in [7, 11) is 0. The summed E-state index contributed by atoms with van der Waals surface area (Å²) in [4.78, 5) is 0. The second-order valence-electron chi connectivity index (χ2n) is 4.76. The molecule has 0 spiro atoms. The number of aliphatic hydroxyl groups excluding tert-OH is 1. The number of phenols is 1. The van der Waals surface area contributed by atoms with Crippen LogP contribution in [0.2, 0.25) is 0 Å². The second kappa shape index (κ2) is 4.67. The van der Waals surface area contributed by atoms with Crippen molar-refractivity contribution >= 4 is 0 Å². The fourth-order valence-corrected chi connectivity index (χ4v) is 1.86. The maximum absolute atomic E-state index is 9.85. The van der Waals surface area contributed by atoms with Crippen LogP contribution in [0.25, 0.3) is 0 Å². The van der Waals surface area contributed by atoms with Gasteiger partial charge in [-0.2, -0.15) is 0 Å². The molecule has 0 saturated carbocycles. The maximum atomic E-state index is 9.85. The predicted molar refractivity (Wildman–Crippen MR) is 61.9 cm³/mol. The number of aromatic hydroxyl groups is 1. The zero-order chi connectivity index (χ0) is 11.5. The van der Waals surface area contributed by atoms with Crippen molar-refractivity contribution in [2.24, 2.45) is 5.41 Å². The Balaban J connectivity index is 2.77. The van der Waals surface area contributed by atoms with Crippen molar-refractivity contribution in [3.8, 4) is 5.75 Å². The Bertz CT molecular complexity index is 318. The second-order valence-corrected chi connectivity index (χ2v) is 4.76. The molecule has 0 saturated heterocycles. The van der Waals surface area contributed by atoms with Gasteiger partial charge < -0.3 is 10.2 Å². The van der Waals surface area contributed by atoms with Crippen LogP contribution in [0.15, 0.2) is 24.3 Å². The molecule has 1 aromatic rings. The van der Waals surface area contributed by atoms with E-state index < -0.39 is 0 Å². The normalized spacial score (nSPS) is 13.9. The molecular weight excluding hydrogens is 188 g/mol. The number of aliphatic hydroxyl groups is 1. The first-order valence-corrected chi connectivity index (χ1v) is 5.41. The van der Waals surface area contributed by atoms with E-state index in [9.17, 15) is 10.2 Å². The zero-order valence-corrected chi connectivity index (χ0v) is 9.70. The lowest BCUT2D eigenvalue weighted by atomic mass is 9.79. The molecule has 1 atom stereocenters. The van der Waals surface area contributed by atoms with E-state index in [1.165, 1.54) is 0 Å². The SMILES string of the molecule is CCC(O)C(C)(C)Cc1cccc(O)c1. The molecule has 2 nitrogen and oxygen atoms in total. The Hall–Kier alpha value is -1.02. The average molecular weight is 208 g/mol. The van der Waals surface area contributed by atoms with Crippen LogP contribution in [0.3, 0.4) is 0 Å². The van der Waals surface area contributed by atoms with Crippen molar-refractivity contribution in [1.29, 1.82) is 0 Å². The van der Waals surface area contributed by atoms with Crippen LogP contribution in [-0.2, 0) is 6.42 Å². The summed E-state index contributed by atoms with van der Waals surface area (Å²) in [5.74, 6) is 0.286. The molecule has 0 bridgehead atoms. The monoisotopic (exact) mass is 208 g/mol. The number of hydrogen-bond acceptors (Lipinski definition) is 2. The molecule has 2 N–H and O–H groups in total. The third-order valence-corrected chi connectivity index (χ3v) is 2.86. The van der Waals surface area contributed by atoms with E-state index in [-0.39, 0.29) is 17.3 Å². The van der Waals surface area contributed by atoms with Crippen molar-refractivity contribution in [3.05, 3.63) is 29.8 Å². The van der Waals surface area contributed by atoms with Gasteiger partial charge in [0.1, 0.15) is 5.75 Å². The summed E-state index contributed by atoms with van der Waals surface area (Å²) in [6.45, 7) is 6.07. The van der Waals surface area contributed by atoms with Gasteiger partial charge in [0.25, 0.3) is 0 Å². The van der Waals surface area contributed by atoms with Crippen LogP contribution in [0, 0.1) is 5.41 Å². The lowest BCUT2D eigenvalue weighted by Crippen LogP contribution is -2.30. The molecule has 1 aromatic carbocycles. The standard InChI is InChI=1S/C13H20O2/c1-4-12(15)13(2,3)9-10-6-5-7-11(14)8-10/h5-8,12,14-15H,4,9H2,1-3H3. The minimum Gasteiger partial charge on any atom is -0.508 e. The molecule has 0 aliphatic heterocycles. The van der Waals surface area contributed by atoms with Crippen molar-refractivity contribution < 1.29 is 10.2 Å². The lowest BCUT2D eigenvalue weighted by molar-refractivity contribution is 0.0473. The highest BCUT2D eigenvalue weighted by molar-refractivity contribution is 5.27. The Morgan fingerprint density at radius 3 is 2.53 bits per heavy atom. The van der Waals surface area contributed by atoms with E-state index in [0.29, 0.717) is 0 Å². The van der Waals surface area contributed by atoms with Gasteiger partial charge in [-0.1, -0.05) is 32.9 Å². The molecule has 0 heterocycles. The van der Waals surface area contributed by atoms with Crippen LogP contribution in [0.5, 0.6) is 5.75 Å². The molecule has 0 radical (unpaired) electrons. The Labute approximate surface area is 91.6 Å². The quantitative estimate of drug-likeness (QED) is 0.798. The molecule has 0 amide bonds. The summed E-state index contributed by atoms with van der Waals surface area (Å²) in [5.41, 5.74) is 0.912. The first-order valence-electron chi connectivity index (χ1n) is 5.41. The van der Waals surface area contributed by atoms with Crippen LogP contribution >= 0.6 is 0 Å². The highest BCUT2D eigenvalue weighted by atomic mass is 16.3. The van der Waals surface area contributed by atoms with E-state index in [4.69, 9.17) is 0 Å². The first-order chi connectivity index (χ1) is 6.95. The molecule has 1 rings (SSSR count). The number of hydrogen-bond donors (Lipinski definition) is 2. The Morgan fingerprint density at radius 2 is 2.00 bits per heavy atom. The van der Waals surface area contributed by atoms with E-state index >= 15 is 0 Å².